The lowest BCUT2D eigenvalue weighted by Crippen LogP contribution is -2.17. The SMILES string of the molecule is CC(=O)C(C(=O)Oc1ccc(Cl)cc1)=C1SCCS1. The van der Waals surface area contributed by atoms with Crippen LogP contribution in [0.2, 0.25) is 5.02 Å². The van der Waals surface area contributed by atoms with Gasteiger partial charge in [0.1, 0.15) is 11.3 Å². The van der Waals surface area contributed by atoms with E-state index in [0.29, 0.717) is 10.8 Å². The Balaban J connectivity index is 2.19. The van der Waals surface area contributed by atoms with Crippen molar-refractivity contribution in [2.45, 2.75) is 6.92 Å². The maximum absolute atomic E-state index is 12.1. The van der Waals surface area contributed by atoms with Crippen molar-refractivity contribution in [1.82, 2.24) is 0 Å². The van der Waals surface area contributed by atoms with Crippen LogP contribution in [0.15, 0.2) is 34.1 Å². The lowest BCUT2D eigenvalue weighted by atomic mass is 10.2. The molecule has 1 saturated heterocycles. The molecule has 1 aliphatic rings. The van der Waals surface area contributed by atoms with E-state index >= 15 is 0 Å². The number of esters is 1. The Hall–Kier alpha value is -0.910. The molecule has 0 amide bonds. The van der Waals surface area contributed by atoms with Gasteiger partial charge in [0.25, 0.3) is 0 Å². The second kappa shape index (κ2) is 6.50. The van der Waals surface area contributed by atoms with Gasteiger partial charge in [-0.3, -0.25) is 4.79 Å². The van der Waals surface area contributed by atoms with E-state index in [1.54, 1.807) is 24.3 Å². The fourth-order valence-corrected chi connectivity index (χ4v) is 4.23. The van der Waals surface area contributed by atoms with Crippen LogP contribution in [0.5, 0.6) is 5.75 Å². The molecule has 19 heavy (non-hydrogen) atoms. The number of halogens is 1. The highest BCUT2D eigenvalue weighted by atomic mass is 35.5. The zero-order chi connectivity index (χ0) is 13.8. The minimum Gasteiger partial charge on any atom is -0.423 e. The summed E-state index contributed by atoms with van der Waals surface area (Å²) < 4.78 is 5.96. The second-order valence-electron chi connectivity index (χ2n) is 3.76. The number of thioether (sulfide) groups is 2. The van der Waals surface area contributed by atoms with Crippen LogP contribution < -0.4 is 4.74 Å². The molecule has 0 N–H and O–H groups in total. The molecule has 0 bridgehead atoms. The number of ether oxygens (including phenoxy) is 1. The van der Waals surface area contributed by atoms with Gasteiger partial charge in [-0.1, -0.05) is 11.6 Å². The molecule has 2 rings (SSSR count). The molecule has 0 radical (unpaired) electrons. The van der Waals surface area contributed by atoms with Crippen molar-refractivity contribution in [2.75, 3.05) is 11.5 Å². The van der Waals surface area contributed by atoms with Crippen molar-refractivity contribution in [2.24, 2.45) is 0 Å². The zero-order valence-electron chi connectivity index (χ0n) is 10.1. The summed E-state index contributed by atoms with van der Waals surface area (Å²) in [5.74, 6) is 1.32. The molecule has 1 fully saturated rings. The first-order chi connectivity index (χ1) is 9.08. The summed E-state index contributed by atoms with van der Waals surface area (Å²) in [5, 5.41) is 0.562. The van der Waals surface area contributed by atoms with Crippen molar-refractivity contribution < 1.29 is 14.3 Å². The highest BCUT2D eigenvalue weighted by Gasteiger charge is 2.25. The number of hydrogen-bond donors (Lipinski definition) is 0. The van der Waals surface area contributed by atoms with Gasteiger partial charge in [-0.05, 0) is 31.2 Å². The van der Waals surface area contributed by atoms with E-state index in [4.69, 9.17) is 16.3 Å². The average molecular weight is 315 g/mol. The number of Topliss-reactive ketones (excluding diaryl/α,β-unsaturated/α-hetero) is 1. The Kier molecular flexibility index (Phi) is 4.96. The fourth-order valence-electron chi connectivity index (χ4n) is 1.49. The largest absolute Gasteiger partial charge is 0.423 e. The summed E-state index contributed by atoms with van der Waals surface area (Å²) in [4.78, 5) is 23.7. The molecule has 6 heteroatoms. The lowest BCUT2D eigenvalue weighted by molar-refractivity contribution is -0.132. The van der Waals surface area contributed by atoms with Gasteiger partial charge in [0.05, 0.1) is 4.24 Å². The van der Waals surface area contributed by atoms with Crippen LogP contribution in [0.3, 0.4) is 0 Å². The van der Waals surface area contributed by atoms with Crippen LogP contribution in [0, 0.1) is 0 Å². The second-order valence-corrected chi connectivity index (χ2v) is 6.66. The van der Waals surface area contributed by atoms with Gasteiger partial charge in [0.2, 0.25) is 0 Å². The third kappa shape index (κ3) is 3.78. The van der Waals surface area contributed by atoms with Gasteiger partial charge in [0, 0.05) is 16.5 Å². The summed E-state index contributed by atoms with van der Waals surface area (Å²) in [5.41, 5.74) is 0.141. The number of ketones is 1. The summed E-state index contributed by atoms with van der Waals surface area (Å²) in [6.45, 7) is 1.38. The minimum absolute atomic E-state index is 0.141. The van der Waals surface area contributed by atoms with Crippen LogP contribution in [0.4, 0.5) is 0 Å². The Morgan fingerprint density at radius 1 is 1.16 bits per heavy atom. The zero-order valence-corrected chi connectivity index (χ0v) is 12.5. The van der Waals surface area contributed by atoms with Crippen LogP contribution in [0.1, 0.15) is 6.92 Å². The lowest BCUT2D eigenvalue weighted by Gasteiger charge is -2.07. The molecule has 100 valence electrons. The normalized spacial score (nSPS) is 14.3. The molecule has 1 aromatic carbocycles. The van der Waals surface area contributed by atoms with Gasteiger partial charge in [-0.2, -0.15) is 0 Å². The maximum atomic E-state index is 12.1. The molecule has 0 saturated carbocycles. The number of benzene rings is 1. The van der Waals surface area contributed by atoms with Crippen LogP contribution in [-0.2, 0) is 9.59 Å². The minimum atomic E-state index is -0.605. The summed E-state index contributed by atoms with van der Waals surface area (Å²) >= 11 is 8.79. The van der Waals surface area contributed by atoms with Crippen molar-refractivity contribution in [1.29, 1.82) is 0 Å². The smallest absolute Gasteiger partial charge is 0.348 e. The van der Waals surface area contributed by atoms with Gasteiger partial charge in [-0.15, -0.1) is 23.5 Å². The summed E-state index contributed by atoms with van der Waals surface area (Å²) in [6.07, 6.45) is 0. The van der Waals surface area contributed by atoms with Crippen molar-refractivity contribution in [3.8, 4) is 5.75 Å². The monoisotopic (exact) mass is 314 g/mol. The number of carbonyl (C=O) groups excluding carboxylic acids is 2. The highest BCUT2D eigenvalue weighted by Crippen LogP contribution is 2.39. The van der Waals surface area contributed by atoms with Crippen LogP contribution in [-0.4, -0.2) is 23.3 Å². The van der Waals surface area contributed by atoms with Gasteiger partial charge >= 0.3 is 5.97 Å². The molecule has 0 atom stereocenters. The Bertz CT molecular complexity index is 529. The van der Waals surface area contributed by atoms with E-state index in [1.165, 1.54) is 30.4 Å². The maximum Gasteiger partial charge on any atom is 0.348 e. The van der Waals surface area contributed by atoms with Gasteiger partial charge in [0.15, 0.2) is 5.78 Å². The highest BCUT2D eigenvalue weighted by molar-refractivity contribution is 8.25. The molecule has 1 aromatic rings. The van der Waals surface area contributed by atoms with Crippen molar-refractivity contribution in [3.05, 3.63) is 39.1 Å². The standard InChI is InChI=1S/C13H11ClO3S2/c1-8(15)11(13-18-6-7-19-13)12(16)17-10-4-2-9(14)3-5-10/h2-5H,6-7H2,1H3. The predicted molar refractivity (Wildman–Crippen MR) is 79.7 cm³/mol. The molecule has 0 unspecified atom stereocenters. The number of carbonyl (C=O) groups is 2. The quantitative estimate of drug-likeness (QED) is 0.281. The number of rotatable bonds is 3. The Morgan fingerprint density at radius 2 is 1.74 bits per heavy atom. The summed E-state index contributed by atoms with van der Waals surface area (Å²) in [7, 11) is 0. The Labute approximate surface area is 124 Å². The molecule has 0 aliphatic carbocycles. The third-order valence-corrected chi connectivity index (χ3v) is 5.30. The van der Waals surface area contributed by atoms with Gasteiger partial charge < -0.3 is 4.74 Å². The van der Waals surface area contributed by atoms with E-state index in [-0.39, 0.29) is 11.4 Å². The molecule has 1 heterocycles. The third-order valence-electron chi connectivity index (χ3n) is 2.33. The molecule has 0 aromatic heterocycles. The van der Waals surface area contributed by atoms with E-state index < -0.39 is 5.97 Å². The topological polar surface area (TPSA) is 43.4 Å². The van der Waals surface area contributed by atoms with Crippen LogP contribution >= 0.6 is 35.1 Å². The van der Waals surface area contributed by atoms with Crippen LogP contribution in [0.25, 0.3) is 0 Å². The first-order valence-electron chi connectivity index (χ1n) is 5.56. The molecular formula is C13H11ClO3S2. The van der Waals surface area contributed by atoms with E-state index in [2.05, 4.69) is 0 Å². The van der Waals surface area contributed by atoms with E-state index in [0.717, 1.165) is 15.7 Å². The fraction of sp³-hybridized carbons (Fsp3) is 0.231. The predicted octanol–water partition coefficient (Wildman–Crippen LogP) is 3.53. The first-order valence-corrected chi connectivity index (χ1v) is 7.91. The molecule has 0 spiro atoms. The van der Waals surface area contributed by atoms with Crippen molar-refractivity contribution >= 4 is 46.9 Å². The number of hydrogen-bond acceptors (Lipinski definition) is 5. The molecule has 1 aliphatic heterocycles. The first kappa shape index (κ1) is 14.5. The Morgan fingerprint density at radius 3 is 2.26 bits per heavy atom. The van der Waals surface area contributed by atoms with E-state index in [1.807, 2.05) is 0 Å². The van der Waals surface area contributed by atoms with E-state index in [9.17, 15) is 9.59 Å². The summed E-state index contributed by atoms with van der Waals surface area (Å²) in [6, 6.07) is 6.45. The average Bonchev–Trinajstić information content (AvgIpc) is 2.85. The van der Waals surface area contributed by atoms with Gasteiger partial charge in [-0.25, -0.2) is 4.79 Å². The molecular weight excluding hydrogens is 304 g/mol. The van der Waals surface area contributed by atoms with Crippen molar-refractivity contribution in [3.63, 3.8) is 0 Å². The molecule has 3 nitrogen and oxygen atoms in total.